The molecule has 0 radical (unpaired) electrons. The summed E-state index contributed by atoms with van der Waals surface area (Å²) < 4.78 is 0. The van der Waals surface area contributed by atoms with Crippen LogP contribution in [0.1, 0.15) is 38.3 Å². The molecule has 0 amide bonds. The van der Waals surface area contributed by atoms with Crippen molar-refractivity contribution in [2.75, 3.05) is 13.1 Å². The summed E-state index contributed by atoms with van der Waals surface area (Å²) in [7, 11) is 0. The van der Waals surface area contributed by atoms with E-state index in [-0.39, 0.29) is 6.04 Å². The zero-order valence-corrected chi connectivity index (χ0v) is 12.6. The Hall–Kier alpha value is -0.640. The van der Waals surface area contributed by atoms with Crippen molar-refractivity contribution in [1.82, 2.24) is 4.90 Å². The van der Waals surface area contributed by atoms with E-state index in [2.05, 4.69) is 18.7 Å². The van der Waals surface area contributed by atoms with Gasteiger partial charge in [-0.1, -0.05) is 55.9 Å². The van der Waals surface area contributed by atoms with E-state index >= 15 is 0 Å². The molecular formula is C14H21ClN2S. The molecule has 1 aromatic carbocycles. The summed E-state index contributed by atoms with van der Waals surface area (Å²) in [5.74, 6) is 0. The van der Waals surface area contributed by atoms with Crippen LogP contribution in [0, 0.1) is 0 Å². The smallest absolute Gasteiger partial charge is 0.0948 e. The van der Waals surface area contributed by atoms with Gasteiger partial charge in [-0.3, -0.25) is 4.90 Å². The van der Waals surface area contributed by atoms with Gasteiger partial charge in [0.25, 0.3) is 0 Å². The normalized spacial score (nSPS) is 12.7. The number of hydrogen-bond donors (Lipinski definition) is 1. The summed E-state index contributed by atoms with van der Waals surface area (Å²) >= 11 is 11.5. The second kappa shape index (κ2) is 7.72. The van der Waals surface area contributed by atoms with E-state index in [1.54, 1.807) is 0 Å². The fraction of sp³-hybridized carbons (Fsp3) is 0.500. The van der Waals surface area contributed by atoms with Crippen molar-refractivity contribution in [1.29, 1.82) is 0 Å². The SMILES string of the molecule is CCCN(CCC)C(C(N)=S)c1ccccc1Cl. The third-order valence-corrected chi connectivity index (χ3v) is 3.42. The molecule has 18 heavy (non-hydrogen) atoms. The maximum atomic E-state index is 6.27. The van der Waals surface area contributed by atoms with Crippen molar-refractivity contribution < 1.29 is 0 Å². The van der Waals surface area contributed by atoms with Crippen LogP contribution in [0.25, 0.3) is 0 Å². The average molecular weight is 285 g/mol. The second-order valence-corrected chi connectivity index (χ2v) is 5.24. The standard InChI is InChI=1S/C14H21ClN2S/c1-3-9-17(10-4-2)13(14(16)18)11-7-5-6-8-12(11)15/h5-8,13H,3-4,9-10H2,1-2H3,(H2,16,18). The molecule has 1 unspecified atom stereocenters. The molecular weight excluding hydrogens is 264 g/mol. The molecule has 2 N–H and O–H groups in total. The highest BCUT2D eigenvalue weighted by atomic mass is 35.5. The Morgan fingerprint density at radius 3 is 2.28 bits per heavy atom. The molecule has 0 aliphatic carbocycles. The molecule has 2 nitrogen and oxygen atoms in total. The van der Waals surface area contributed by atoms with E-state index in [9.17, 15) is 0 Å². The van der Waals surface area contributed by atoms with Crippen molar-refractivity contribution >= 4 is 28.8 Å². The van der Waals surface area contributed by atoms with E-state index in [4.69, 9.17) is 29.6 Å². The average Bonchev–Trinajstić information content (AvgIpc) is 2.32. The van der Waals surface area contributed by atoms with Crippen molar-refractivity contribution in [3.63, 3.8) is 0 Å². The van der Waals surface area contributed by atoms with Gasteiger partial charge in [0, 0.05) is 5.02 Å². The fourth-order valence-electron chi connectivity index (χ4n) is 2.17. The van der Waals surface area contributed by atoms with Crippen LogP contribution in [0.15, 0.2) is 24.3 Å². The first-order valence-electron chi connectivity index (χ1n) is 6.39. The summed E-state index contributed by atoms with van der Waals surface area (Å²) in [6, 6.07) is 7.73. The molecule has 0 saturated heterocycles. The van der Waals surface area contributed by atoms with E-state index in [0.29, 0.717) is 4.99 Å². The molecule has 1 aromatic rings. The van der Waals surface area contributed by atoms with Gasteiger partial charge in [0.05, 0.1) is 11.0 Å². The number of thiocarbonyl (C=S) groups is 1. The van der Waals surface area contributed by atoms with Gasteiger partial charge in [0.15, 0.2) is 0 Å². The minimum absolute atomic E-state index is 0.0615. The Morgan fingerprint density at radius 2 is 1.83 bits per heavy atom. The third-order valence-electron chi connectivity index (χ3n) is 2.86. The molecule has 0 heterocycles. The number of nitrogens with two attached hydrogens (primary N) is 1. The highest BCUT2D eigenvalue weighted by Crippen LogP contribution is 2.28. The largest absolute Gasteiger partial charge is 0.392 e. The van der Waals surface area contributed by atoms with Crippen LogP contribution in [0.2, 0.25) is 5.02 Å². The predicted molar refractivity (Wildman–Crippen MR) is 83.1 cm³/mol. The van der Waals surface area contributed by atoms with Crippen LogP contribution >= 0.6 is 23.8 Å². The van der Waals surface area contributed by atoms with Gasteiger partial charge in [-0.05, 0) is 37.6 Å². The molecule has 4 heteroatoms. The first kappa shape index (κ1) is 15.4. The zero-order valence-electron chi connectivity index (χ0n) is 11.0. The molecule has 0 saturated carbocycles. The van der Waals surface area contributed by atoms with Crippen molar-refractivity contribution in [3.8, 4) is 0 Å². The predicted octanol–water partition coefficient (Wildman–Crippen LogP) is 3.79. The molecule has 0 aliphatic rings. The molecule has 0 bridgehead atoms. The number of benzene rings is 1. The summed E-state index contributed by atoms with van der Waals surface area (Å²) in [6.07, 6.45) is 2.15. The summed E-state index contributed by atoms with van der Waals surface area (Å²) in [5, 5.41) is 0.729. The third kappa shape index (κ3) is 3.94. The van der Waals surface area contributed by atoms with Gasteiger partial charge < -0.3 is 5.73 Å². The number of halogens is 1. The Labute approximate surface area is 120 Å². The minimum atomic E-state index is -0.0615. The highest BCUT2D eigenvalue weighted by molar-refractivity contribution is 7.80. The van der Waals surface area contributed by atoms with Gasteiger partial charge in [0.2, 0.25) is 0 Å². The van der Waals surface area contributed by atoms with E-state index < -0.39 is 0 Å². The van der Waals surface area contributed by atoms with Crippen molar-refractivity contribution in [3.05, 3.63) is 34.9 Å². The number of nitrogens with zero attached hydrogens (tertiary/aromatic N) is 1. The summed E-state index contributed by atoms with van der Waals surface area (Å²) in [4.78, 5) is 2.80. The van der Waals surface area contributed by atoms with Crippen LogP contribution in [0.4, 0.5) is 0 Å². The summed E-state index contributed by atoms with van der Waals surface area (Å²) in [6.45, 7) is 6.26. The highest BCUT2D eigenvalue weighted by Gasteiger charge is 2.23. The Bertz CT molecular complexity index is 389. The molecule has 0 aromatic heterocycles. The van der Waals surface area contributed by atoms with E-state index in [1.807, 2.05) is 24.3 Å². The van der Waals surface area contributed by atoms with E-state index in [0.717, 1.165) is 36.5 Å². The summed E-state index contributed by atoms with van der Waals surface area (Å²) in [5.41, 5.74) is 6.94. The van der Waals surface area contributed by atoms with Crippen LogP contribution < -0.4 is 5.73 Å². The van der Waals surface area contributed by atoms with Gasteiger partial charge >= 0.3 is 0 Å². The van der Waals surface area contributed by atoms with Crippen LogP contribution in [-0.2, 0) is 0 Å². The minimum Gasteiger partial charge on any atom is -0.392 e. The van der Waals surface area contributed by atoms with Crippen molar-refractivity contribution in [2.45, 2.75) is 32.7 Å². The van der Waals surface area contributed by atoms with Gasteiger partial charge in [-0.2, -0.15) is 0 Å². The Balaban J connectivity index is 3.07. The topological polar surface area (TPSA) is 29.3 Å². The van der Waals surface area contributed by atoms with Gasteiger partial charge in [-0.25, -0.2) is 0 Å². The fourth-order valence-corrected chi connectivity index (χ4v) is 2.69. The number of rotatable bonds is 7. The lowest BCUT2D eigenvalue weighted by molar-refractivity contribution is 0.245. The Kier molecular flexibility index (Phi) is 6.61. The molecule has 0 aliphatic heterocycles. The molecule has 1 atom stereocenters. The first-order chi connectivity index (χ1) is 8.61. The zero-order chi connectivity index (χ0) is 13.5. The maximum absolute atomic E-state index is 6.27. The maximum Gasteiger partial charge on any atom is 0.0948 e. The second-order valence-electron chi connectivity index (χ2n) is 4.36. The molecule has 100 valence electrons. The van der Waals surface area contributed by atoms with Crippen LogP contribution in [0.5, 0.6) is 0 Å². The molecule has 0 spiro atoms. The molecule has 1 rings (SSSR count). The monoisotopic (exact) mass is 284 g/mol. The van der Waals surface area contributed by atoms with Gasteiger partial charge in [0.1, 0.15) is 0 Å². The lowest BCUT2D eigenvalue weighted by Gasteiger charge is -2.31. The van der Waals surface area contributed by atoms with E-state index in [1.165, 1.54) is 0 Å². The lowest BCUT2D eigenvalue weighted by Crippen LogP contribution is -2.38. The Morgan fingerprint density at radius 1 is 1.28 bits per heavy atom. The first-order valence-corrected chi connectivity index (χ1v) is 7.18. The van der Waals surface area contributed by atoms with Crippen LogP contribution in [-0.4, -0.2) is 23.0 Å². The van der Waals surface area contributed by atoms with Crippen LogP contribution in [0.3, 0.4) is 0 Å². The van der Waals surface area contributed by atoms with Gasteiger partial charge in [-0.15, -0.1) is 0 Å². The lowest BCUT2D eigenvalue weighted by atomic mass is 10.0. The molecule has 0 fully saturated rings. The van der Waals surface area contributed by atoms with Crippen molar-refractivity contribution in [2.24, 2.45) is 5.73 Å². The quantitative estimate of drug-likeness (QED) is 0.773. The number of hydrogen-bond acceptors (Lipinski definition) is 2.